The average molecular weight is 378 g/mol. The van der Waals surface area contributed by atoms with Crippen molar-refractivity contribution in [3.8, 4) is 11.5 Å². The Kier molecular flexibility index (Phi) is 7.64. The van der Waals surface area contributed by atoms with Crippen LogP contribution in [0, 0.1) is 0 Å². The fourth-order valence-corrected chi connectivity index (χ4v) is 2.60. The van der Waals surface area contributed by atoms with Crippen LogP contribution < -0.4 is 10.6 Å². The van der Waals surface area contributed by atoms with Crippen molar-refractivity contribution in [3.05, 3.63) is 78.2 Å². The standard InChI is InChI=1S/C22H26N4O2/c1-2-23-22(24-13-14-27-16-18-9-5-3-6-10-18)25-15-20-17-28-21(26-20)19-11-7-4-8-12-19/h3-12,17H,2,13-16H2,1H3,(H2,23,24,25). The number of rotatable bonds is 9. The lowest BCUT2D eigenvalue weighted by atomic mass is 10.2. The lowest BCUT2D eigenvalue weighted by Crippen LogP contribution is -2.39. The Morgan fingerprint density at radius 1 is 1.04 bits per heavy atom. The van der Waals surface area contributed by atoms with Gasteiger partial charge in [0.05, 0.1) is 19.8 Å². The molecule has 146 valence electrons. The van der Waals surface area contributed by atoms with Crippen molar-refractivity contribution >= 4 is 5.96 Å². The van der Waals surface area contributed by atoms with Crippen molar-refractivity contribution in [2.24, 2.45) is 4.99 Å². The second-order valence-corrected chi connectivity index (χ2v) is 6.17. The zero-order chi connectivity index (χ0) is 19.4. The Morgan fingerprint density at radius 2 is 1.79 bits per heavy atom. The van der Waals surface area contributed by atoms with E-state index in [0.29, 0.717) is 32.2 Å². The highest BCUT2D eigenvalue weighted by molar-refractivity contribution is 5.79. The highest BCUT2D eigenvalue weighted by Crippen LogP contribution is 2.18. The first-order valence-corrected chi connectivity index (χ1v) is 9.49. The van der Waals surface area contributed by atoms with Crippen LogP contribution in [0.3, 0.4) is 0 Å². The van der Waals surface area contributed by atoms with Gasteiger partial charge in [-0.1, -0.05) is 48.5 Å². The molecule has 3 aromatic rings. The SMILES string of the molecule is CCNC(=NCc1coc(-c2ccccc2)n1)NCCOCc1ccccc1. The van der Waals surface area contributed by atoms with E-state index in [0.717, 1.165) is 23.8 Å². The maximum Gasteiger partial charge on any atom is 0.226 e. The van der Waals surface area contributed by atoms with E-state index in [9.17, 15) is 0 Å². The second-order valence-electron chi connectivity index (χ2n) is 6.17. The lowest BCUT2D eigenvalue weighted by Gasteiger charge is -2.11. The van der Waals surface area contributed by atoms with E-state index in [1.807, 2.05) is 55.5 Å². The predicted molar refractivity (Wildman–Crippen MR) is 111 cm³/mol. The van der Waals surface area contributed by atoms with Crippen molar-refractivity contribution in [2.45, 2.75) is 20.1 Å². The van der Waals surface area contributed by atoms with Gasteiger partial charge < -0.3 is 19.8 Å². The number of benzene rings is 2. The molecule has 0 fully saturated rings. The van der Waals surface area contributed by atoms with Crippen molar-refractivity contribution in [1.82, 2.24) is 15.6 Å². The van der Waals surface area contributed by atoms with Gasteiger partial charge in [-0.2, -0.15) is 0 Å². The Balaban J connectivity index is 1.45. The fourth-order valence-electron chi connectivity index (χ4n) is 2.60. The molecule has 0 atom stereocenters. The van der Waals surface area contributed by atoms with Gasteiger partial charge in [0, 0.05) is 18.7 Å². The number of guanidine groups is 1. The minimum atomic E-state index is 0.441. The summed E-state index contributed by atoms with van der Waals surface area (Å²) in [6, 6.07) is 20.0. The molecule has 1 heterocycles. The zero-order valence-corrected chi connectivity index (χ0v) is 16.1. The topological polar surface area (TPSA) is 71.7 Å². The number of oxazole rings is 1. The summed E-state index contributed by atoms with van der Waals surface area (Å²) in [6.07, 6.45) is 1.65. The average Bonchev–Trinajstić information content (AvgIpc) is 3.22. The second kappa shape index (κ2) is 10.9. The van der Waals surface area contributed by atoms with E-state index in [2.05, 4.69) is 32.7 Å². The third-order valence-electron chi connectivity index (χ3n) is 3.97. The number of nitrogens with one attached hydrogen (secondary N) is 2. The van der Waals surface area contributed by atoms with E-state index < -0.39 is 0 Å². The molecule has 2 N–H and O–H groups in total. The van der Waals surface area contributed by atoms with E-state index in [-0.39, 0.29) is 0 Å². The van der Waals surface area contributed by atoms with Crippen LogP contribution in [0.4, 0.5) is 0 Å². The number of aromatic nitrogens is 1. The molecule has 0 saturated carbocycles. The molecule has 0 aliphatic carbocycles. The molecule has 0 unspecified atom stereocenters. The molecule has 0 bridgehead atoms. The van der Waals surface area contributed by atoms with Crippen molar-refractivity contribution in [1.29, 1.82) is 0 Å². The Hall–Kier alpha value is -3.12. The van der Waals surface area contributed by atoms with Crippen molar-refractivity contribution in [3.63, 3.8) is 0 Å². The van der Waals surface area contributed by atoms with Crippen LogP contribution in [0.25, 0.3) is 11.5 Å². The Bertz CT molecular complexity index is 847. The van der Waals surface area contributed by atoms with Gasteiger partial charge >= 0.3 is 0 Å². The maximum atomic E-state index is 5.69. The third-order valence-corrected chi connectivity index (χ3v) is 3.97. The molecule has 0 saturated heterocycles. The normalized spacial score (nSPS) is 11.4. The lowest BCUT2D eigenvalue weighted by molar-refractivity contribution is 0.125. The number of nitrogens with zero attached hydrogens (tertiary/aromatic N) is 2. The van der Waals surface area contributed by atoms with E-state index >= 15 is 0 Å². The smallest absolute Gasteiger partial charge is 0.226 e. The molecule has 3 rings (SSSR count). The zero-order valence-electron chi connectivity index (χ0n) is 16.1. The van der Waals surface area contributed by atoms with Gasteiger partial charge in [0.15, 0.2) is 5.96 Å². The molecule has 0 radical (unpaired) electrons. The van der Waals surface area contributed by atoms with Crippen LogP contribution in [0.2, 0.25) is 0 Å². The van der Waals surface area contributed by atoms with Gasteiger partial charge in [-0.25, -0.2) is 9.98 Å². The van der Waals surface area contributed by atoms with Gasteiger partial charge in [0.2, 0.25) is 5.89 Å². The van der Waals surface area contributed by atoms with Gasteiger partial charge in [-0.05, 0) is 24.6 Å². The number of hydrogen-bond donors (Lipinski definition) is 2. The van der Waals surface area contributed by atoms with Crippen LogP contribution in [0.1, 0.15) is 18.2 Å². The summed E-state index contributed by atoms with van der Waals surface area (Å²) >= 11 is 0. The molecular formula is C22H26N4O2. The van der Waals surface area contributed by atoms with Gasteiger partial charge in [-0.15, -0.1) is 0 Å². The monoisotopic (exact) mass is 378 g/mol. The first kappa shape index (κ1) is 19.6. The quantitative estimate of drug-likeness (QED) is 0.338. The summed E-state index contributed by atoms with van der Waals surface area (Å²) in [6.45, 7) is 5.14. The molecule has 1 aromatic heterocycles. The highest BCUT2D eigenvalue weighted by Gasteiger charge is 2.06. The Morgan fingerprint density at radius 3 is 2.54 bits per heavy atom. The van der Waals surface area contributed by atoms with Crippen LogP contribution in [-0.2, 0) is 17.9 Å². The molecule has 0 amide bonds. The molecule has 2 aromatic carbocycles. The van der Waals surface area contributed by atoms with Gasteiger partial charge in [0.1, 0.15) is 12.0 Å². The summed E-state index contributed by atoms with van der Waals surface area (Å²) < 4.78 is 11.2. The fraction of sp³-hybridized carbons (Fsp3) is 0.273. The summed E-state index contributed by atoms with van der Waals surface area (Å²) in [5, 5.41) is 6.50. The summed E-state index contributed by atoms with van der Waals surface area (Å²) in [4.78, 5) is 9.06. The molecule has 28 heavy (non-hydrogen) atoms. The molecule has 0 aliphatic rings. The van der Waals surface area contributed by atoms with Crippen LogP contribution in [0.15, 0.2) is 76.3 Å². The molecule has 0 spiro atoms. The number of ether oxygens (including phenoxy) is 1. The van der Waals surface area contributed by atoms with E-state index in [1.165, 1.54) is 5.56 Å². The Labute approximate surface area is 165 Å². The first-order valence-electron chi connectivity index (χ1n) is 9.49. The first-order chi connectivity index (χ1) is 13.8. The maximum absolute atomic E-state index is 5.69. The molecule has 0 aliphatic heterocycles. The van der Waals surface area contributed by atoms with Gasteiger partial charge in [-0.3, -0.25) is 0 Å². The minimum Gasteiger partial charge on any atom is -0.444 e. The summed E-state index contributed by atoms with van der Waals surface area (Å²) in [5.41, 5.74) is 2.91. The predicted octanol–water partition coefficient (Wildman–Crippen LogP) is 3.61. The van der Waals surface area contributed by atoms with Crippen LogP contribution >= 0.6 is 0 Å². The van der Waals surface area contributed by atoms with Crippen molar-refractivity contribution < 1.29 is 9.15 Å². The third kappa shape index (κ3) is 6.25. The molecule has 6 nitrogen and oxygen atoms in total. The van der Waals surface area contributed by atoms with Gasteiger partial charge in [0.25, 0.3) is 0 Å². The number of aliphatic imine (C=N–C) groups is 1. The van der Waals surface area contributed by atoms with Crippen LogP contribution in [-0.4, -0.2) is 30.6 Å². The largest absolute Gasteiger partial charge is 0.444 e. The number of hydrogen-bond acceptors (Lipinski definition) is 4. The molecular weight excluding hydrogens is 352 g/mol. The highest BCUT2D eigenvalue weighted by atomic mass is 16.5. The summed E-state index contributed by atoms with van der Waals surface area (Å²) in [5.74, 6) is 1.34. The van der Waals surface area contributed by atoms with E-state index in [1.54, 1.807) is 6.26 Å². The van der Waals surface area contributed by atoms with E-state index in [4.69, 9.17) is 9.15 Å². The minimum absolute atomic E-state index is 0.441. The molecule has 6 heteroatoms. The summed E-state index contributed by atoms with van der Waals surface area (Å²) in [7, 11) is 0. The van der Waals surface area contributed by atoms with Crippen molar-refractivity contribution in [2.75, 3.05) is 19.7 Å². The van der Waals surface area contributed by atoms with Crippen LogP contribution in [0.5, 0.6) is 0 Å².